The van der Waals surface area contributed by atoms with Gasteiger partial charge in [0, 0.05) is 13.2 Å². The molecule has 0 saturated carbocycles. The van der Waals surface area contributed by atoms with Crippen LogP contribution < -0.4 is 4.89 Å². The van der Waals surface area contributed by atoms with Crippen LogP contribution in [0.4, 0.5) is 0 Å². The molecule has 0 saturated heterocycles. The summed E-state index contributed by atoms with van der Waals surface area (Å²) in [5.41, 5.74) is 0. The lowest BCUT2D eigenvalue weighted by molar-refractivity contribution is -0.870. The fourth-order valence-electron chi connectivity index (χ4n) is 7.46. The third-order valence-corrected chi connectivity index (χ3v) is 12.5. The maximum atomic E-state index is 12.4. The van der Waals surface area contributed by atoms with E-state index < -0.39 is 13.9 Å². The molecule has 8 heteroatoms. The number of phosphoric ester groups is 1. The first-order valence-electron chi connectivity index (χ1n) is 26.1. The summed E-state index contributed by atoms with van der Waals surface area (Å²) in [5, 5.41) is 0. The van der Waals surface area contributed by atoms with E-state index in [2.05, 4.69) is 38.2 Å². The van der Waals surface area contributed by atoms with Crippen molar-refractivity contribution < 1.29 is 32.5 Å². The number of ether oxygens (including phenoxy) is 2. The van der Waals surface area contributed by atoms with E-state index >= 15 is 0 Å². The van der Waals surface area contributed by atoms with Gasteiger partial charge in [-0.15, -0.1) is 0 Å². The highest BCUT2D eigenvalue weighted by molar-refractivity contribution is 7.45. The molecule has 0 amide bonds. The zero-order valence-electron chi connectivity index (χ0n) is 40.9. The number of rotatable bonds is 50. The molecule has 0 radical (unpaired) electrons. The smallest absolute Gasteiger partial charge is 0.268 e. The molecule has 2 atom stereocenters. The fraction of sp³-hybridized carbons (Fsp3) is 0.923. The Morgan fingerprint density at radius 3 is 1.13 bits per heavy atom. The molecule has 1 unspecified atom stereocenters. The largest absolute Gasteiger partial charge is 0.756 e. The van der Waals surface area contributed by atoms with Crippen molar-refractivity contribution in [2.75, 3.05) is 60.7 Å². The van der Waals surface area contributed by atoms with E-state index in [1.807, 2.05) is 21.1 Å². The number of likely N-dealkylation sites (N-methyl/N-ethyl adjacent to an activating group) is 1. The summed E-state index contributed by atoms with van der Waals surface area (Å²) in [6, 6.07) is 0. The Balaban J connectivity index is 4.00. The van der Waals surface area contributed by atoms with E-state index in [4.69, 9.17) is 18.5 Å². The fourth-order valence-corrected chi connectivity index (χ4v) is 8.19. The predicted molar refractivity (Wildman–Crippen MR) is 259 cm³/mol. The summed E-state index contributed by atoms with van der Waals surface area (Å²) in [6.45, 7) is 6.76. The minimum atomic E-state index is -4.40. The molecule has 0 bridgehead atoms. The molecule has 358 valence electrons. The van der Waals surface area contributed by atoms with E-state index in [1.165, 1.54) is 212 Å². The summed E-state index contributed by atoms with van der Waals surface area (Å²) < 4.78 is 35.5. The maximum absolute atomic E-state index is 12.4. The van der Waals surface area contributed by atoms with Crippen molar-refractivity contribution in [3.05, 3.63) is 24.3 Å². The summed E-state index contributed by atoms with van der Waals surface area (Å²) in [7, 11) is 1.60. The van der Waals surface area contributed by atoms with Crippen LogP contribution in [-0.4, -0.2) is 71.3 Å². The van der Waals surface area contributed by atoms with Gasteiger partial charge in [0.15, 0.2) is 0 Å². The van der Waals surface area contributed by atoms with Crippen molar-refractivity contribution in [3.8, 4) is 0 Å². The molecule has 0 aromatic heterocycles. The highest BCUT2D eigenvalue weighted by atomic mass is 31.2. The van der Waals surface area contributed by atoms with Crippen molar-refractivity contribution in [1.82, 2.24) is 0 Å². The molecule has 0 aliphatic heterocycles. The lowest BCUT2D eigenvalue weighted by Crippen LogP contribution is -2.37. The van der Waals surface area contributed by atoms with Crippen molar-refractivity contribution in [2.45, 2.75) is 251 Å². The third kappa shape index (κ3) is 50.1. The number of hydrogen-bond acceptors (Lipinski definition) is 6. The highest BCUT2D eigenvalue weighted by Crippen LogP contribution is 2.38. The molecular weight excluding hydrogens is 766 g/mol. The van der Waals surface area contributed by atoms with Crippen molar-refractivity contribution in [1.29, 1.82) is 0 Å². The van der Waals surface area contributed by atoms with Gasteiger partial charge in [0.1, 0.15) is 19.3 Å². The minimum Gasteiger partial charge on any atom is -0.756 e. The molecule has 0 heterocycles. The van der Waals surface area contributed by atoms with Crippen LogP contribution in [0.25, 0.3) is 0 Å². The second-order valence-electron chi connectivity index (χ2n) is 18.9. The zero-order valence-corrected chi connectivity index (χ0v) is 41.8. The Labute approximate surface area is 375 Å². The maximum Gasteiger partial charge on any atom is 0.268 e. The van der Waals surface area contributed by atoms with Crippen molar-refractivity contribution in [3.63, 3.8) is 0 Å². The van der Waals surface area contributed by atoms with Gasteiger partial charge in [0.05, 0.1) is 34.4 Å². The summed E-state index contributed by atoms with van der Waals surface area (Å²) in [6.07, 6.45) is 56.3. The minimum absolute atomic E-state index is 0.0728. The monoisotopic (exact) mass is 870 g/mol. The second-order valence-corrected chi connectivity index (χ2v) is 20.3. The van der Waals surface area contributed by atoms with Gasteiger partial charge < -0.3 is 27.9 Å². The summed E-state index contributed by atoms with van der Waals surface area (Å²) in [5.74, 6) is 0. The Morgan fingerprint density at radius 1 is 0.433 bits per heavy atom. The average Bonchev–Trinajstić information content (AvgIpc) is 3.21. The first-order valence-corrected chi connectivity index (χ1v) is 27.6. The Kier molecular flexibility index (Phi) is 46.1. The highest BCUT2D eigenvalue weighted by Gasteiger charge is 2.18. The van der Waals surface area contributed by atoms with Gasteiger partial charge in [-0.3, -0.25) is 4.57 Å². The number of phosphoric acid groups is 1. The molecule has 0 aromatic rings. The topological polar surface area (TPSA) is 77.1 Å². The van der Waals surface area contributed by atoms with E-state index in [9.17, 15) is 9.46 Å². The molecule has 0 spiro atoms. The number of hydrogen-bond donors (Lipinski definition) is 0. The Hall–Kier alpha value is -0.530. The van der Waals surface area contributed by atoms with Crippen LogP contribution in [-0.2, 0) is 23.1 Å². The van der Waals surface area contributed by atoms with Gasteiger partial charge >= 0.3 is 0 Å². The van der Waals surface area contributed by atoms with E-state index in [0.717, 1.165) is 19.3 Å². The Morgan fingerprint density at radius 2 is 0.767 bits per heavy atom. The lowest BCUT2D eigenvalue weighted by Gasteiger charge is -2.28. The van der Waals surface area contributed by atoms with Crippen LogP contribution >= 0.6 is 7.82 Å². The van der Waals surface area contributed by atoms with Gasteiger partial charge in [0.25, 0.3) is 7.82 Å². The molecule has 60 heavy (non-hydrogen) atoms. The van der Waals surface area contributed by atoms with Gasteiger partial charge in [-0.05, 0) is 64.2 Å². The normalized spacial score (nSPS) is 13.9. The first kappa shape index (κ1) is 59.5. The molecule has 0 N–H and O–H groups in total. The first-order chi connectivity index (χ1) is 29.2. The molecule has 0 aromatic carbocycles. The van der Waals surface area contributed by atoms with Gasteiger partial charge in [-0.1, -0.05) is 205 Å². The molecule has 7 nitrogen and oxygen atoms in total. The van der Waals surface area contributed by atoms with Crippen LogP contribution in [0.5, 0.6) is 0 Å². The van der Waals surface area contributed by atoms with E-state index in [1.54, 1.807) is 0 Å². The molecule has 0 aliphatic rings. The van der Waals surface area contributed by atoms with Gasteiger partial charge in [0.2, 0.25) is 0 Å². The number of unbranched alkanes of at least 4 members (excludes halogenated alkanes) is 32. The van der Waals surface area contributed by atoms with Crippen LogP contribution in [0.15, 0.2) is 24.3 Å². The summed E-state index contributed by atoms with van der Waals surface area (Å²) >= 11 is 0. The van der Waals surface area contributed by atoms with Crippen molar-refractivity contribution >= 4 is 7.82 Å². The van der Waals surface area contributed by atoms with Crippen LogP contribution in [0, 0.1) is 0 Å². The number of allylic oxidation sites excluding steroid dienone is 4. The third-order valence-electron chi connectivity index (χ3n) is 11.5. The molecule has 0 aliphatic carbocycles. The van der Waals surface area contributed by atoms with E-state index in [-0.39, 0.29) is 13.2 Å². The number of nitrogens with zero attached hydrogens (tertiary/aromatic N) is 1. The van der Waals surface area contributed by atoms with Crippen LogP contribution in [0.2, 0.25) is 0 Å². The quantitative estimate of drug-likeness (QED) is 0.0262. The van der Waals surface area contributed by atoms with Crippen LogP contribution in [0.1, 0.15) is 245 Å². The second kappa shape index (κ2) is 46.5. The predicted octanol–water partition coefficient (Wildman–Crippen LogP) is 15.8. The average molecular weight is 870 g/mol. The van der Waals surface area contributed by atoms with Crippen molar-refractivity contribution in [2.24, 2.45) is 0 Å². The molecule has 0 fully saturated rings. The van der Waals surface area contributed by atoms with Gasteiger partial charge in [-0.25, -0.2) is 0 Å². The SMILES string of the molecule is CCCCCCCC/C=C\CCCCCCCCCCCCOC[C@H](COP(=O)([O-])OCC[N+](C)(C)C)OCCCCCCCCCCCC/C=C\CCCCCCCC. The summed E-state index contributed by atoms with van der Waals surface area (Å²) in [4.78, 5) is 12.4. The Bertz CT molecular complexity index is 953. The standard InChI is InChI=1S/C52H104NO6P/c1-6-8-10-12-14-16-18-20-22-24-26-28-30-32-34-36-38-40-42-44-47-56-50-52(51-59-60(54,55)58-49-46-53(3,4)5)57-48-45-43-41-39-37-35-33-31-29-27-25-23-21-19-17-15-13-11-9-7-2/h20-23,52H,6-19,24-51H2,1-5H3/b22-20-,23-21-/t52-/m1/s1. The van der Waals surface area contributed by atoms with Gasteiger partial charge in [-0.2, -0.15) is 0 Å². The van der Waals surface area contributed by atoms with E-state index in [0.29, 0.717) is 30.8 Å². The lowest BCUT2D eigenvalue weighted by atomic mass is 10.1. The molecular formula is C52H104NO6P. The molecule has 0 rings (SSSR count). The number of quaternary nitrogens is 1. The van der Waals surface area contributed by atoms with Crippen LogP contribution in [0.3, 0.4) is 0 Å². The zero-order chi connectivity index (χ0) is 43.9.